The molecule has 3 heteroatoms. The largest absolute Gasteiger partial charge is 0.316 e. The number of hydrogen-bond acceptors (Lipinski definition) is 2. The van der Waals surface area contributed by atoms with Gasteiger partial charge >= 0.3 is 0 Å². The lowest BCUT2D eigenvalue weighted by molar-refractivity contribution is 0.525. The summed E-state index contributed by atoms with van der Waals surface area (Å²) < 4.78 is 4.56. The predicted molar refractivity (Wildman–Crippen MR) is 49.3 cm³/mol. The first-order chi connectivity index (χ1) is 4.46. The average Bonchev–Trinajstić information content (AvgIpc) is 1.59. The normalized spacial score (nSPS) is 11.6. The fraction of sp³-hybridized carbons (Fsp3) is 0.714. The molecule has 0 aromatic heterocycles. The van der Waals surface area contributed by atoms with Gasteiger partial charge < -0.3 is 9.13 Å². The fourth-order valence-corrected chi connectivity index (χ4v) is 4.03. The third-order valence-electron chi connectivity index (χ3n) is 1.42. The zero-order valence-electron chi connectivity index (χ0n) is 7.68. The molecular weight excluding hydrogens is 140 g/mol. The second-order valence-electron chi connectivity index (χ2n) is 3.15. The van der Waals surface area contributed by atoms with Gasteiger partial charge in [0.25, 0.3) is 0 Å². The molecule has 2 nitrogen and oxygen atoms in total. The average molecular weight is 158 g/mol. The van der Waals surface area contributed by atoms with E-state index in [0.29, 0.717) is 0 Å². The van der Waals surface area contributed by atoms with E-state index < -0.39 is 9.12 Å². The van der Waals surface area contributed by atoms with Crippen molar-refractivity contribution in [2.75, 3.05) is 28.2 Å². The molecule has 0 aliphatic heterocycles. The summed E-state index contributed by atoms with van der Waals surface area (Å²) in [6.07, 6.45) is 0. The van der Waals surface area contributed by atoms with Crippen molar-refractivity contribution >= 4 is 9.12 Å². The van der Waals surface area contributed by atoms with Gasteiger partial charge in [-0.25, -0.2) is 0 Å². The van der Waals surface area contributed by atoms with E-state index in [1.165, 1.54) is 5.20 Å². The van der Waals surface area contributed by atoms with Crippen molar-refractivity contribution in [3.8, 4) is 0 Å². The standard InChI is InChI=1S/C7H18N2Si/c1-7(2)10(8(3)4)9(5)6/h10H,1H2,2-6H3. The molecule has 0 heterocycles. The molecule has 0 aromatic carbocycles. The molecular formula is C7H18N2Si. The summed E-state index contributed by atoms with van der Waals surface area (Å²) in [6.45, 7) is 6.08. The molecule has 0 unspecified atom stereocenters. The highest BCUT2D eigenvalue weighted by molar-refractivity contribution is 6.60. The van der Waals surface area contributed by atoms with Crippen LogP contribution in [-0.4, -0.2) is 46.4 Å². The zero-order valence-corrected chi connectivity index (χ0v) is 8.83. The van der Waals surface area contributed by atoms with E-state index in [0.717, 1.165) is 0 Å². The molecule has 0 bridgehead atoms. The topological polar surface area (TPSA) is 6.48 Å². The second kappa shape index (κ2) is 3.90. The summed E-state index contributed by atoms with van der Waals surface area (Å²) in [5.74, 6) is 0. The predicted octanol–water partition coefficient (Wildman–Crippen LogP) is 0.445. The maximum atomic E-state index is 3.98. The van der Waals surface area contributed by atoms with Crippen molar-refractivity contribution in [2.24, 2.45) is 0 Å². The van der Waals surface area contributed by atoms with E-state index in [9.17, 15) is 0 Å². The minimum atomic E-state index is -0.981. The SMILES string of the molecule is C=C(C)[SiH](N(C)C)N(C)C. The van der Waals surface area contributed by atoms with Gasteiger partial charge in [-0.2, -0.15) is 0 Å². The van der Waals surface area contributed by atoms with E-state index in [1.54, 1.807) is 0 Å². The van der Waals surface area contributed by atoms with Gasteiger partial charge in [-0.3, -0.25) is 0 Å². The van der Waals surface area contributed by atoms with Crippen LogP contribution >= 0.6 is 0 Å². The van der Waals surface area contributed by atoms with Crippen LogP contribution in [0, 0.1) is 0 Å². The fourth-order valence-electron chi connectivity index (χ4n) is 1.34. The minimum absolute atomic E-state index is 0.981. The van der Waals surface area contributed by atoms with Gasteiger partial charge in [0, 0.05) is 0 Å². The van der Waals surface area contributed by atoms with Crippen LogP contribution in [0.2, 0.25) is 0 Å². The Morgan fingerprint density at radius 3 is 1.40 bits per heavy atom. The van der Waals surface area contributed by atoms with Gasteiger partial charge in [-0.05, 0) is 35.1 Å². The summed E-state index contributed by atoms with van der Waals surface area (Å²) in [4.78, 5) is 0. The summed E-state index contributed by atoms with van der Waals surface area (Å²) in [5.41, 5.74) is 0. The van der Waals surface area contributed by atoms with Gasteiger partial charge in [-0.1, -0.05) is 5.20 Å². The second-order valence-corrected chi connectivity index (χ2v) is 6.95. The zero-order chi connectivity index (χ0) is 8.31. The smallest absolute Gasteiger partial charge is 0.217 e. The molecule has 0 saturated heterocycles. The highest BCUT2D eigenvalue weighted by Crippen LogP contribution is 2.01. The van der Waals surface area contributed by atoms with Crippen LogP contribution in [0.1, 0.15) is 6.92 Å². The monoisotopic (exact) mass is 158 g/mol. The van der Waals surface area contributed by atoms with Crippen LogP contribution in [0.5, 0.6) is 0 Å². The molecule has 60 valence electrons. The van der Waals surface area contributed by atoms with Crippen LogP contribution in [0.15, 0.2) is 11.8 Å². The van der Waals surface area contributed by atoms with Gasteiger partial charge in [0.15, 0.2) is 0 Å². The van der Waals surface area contributed by atoms with E-state index in [2.05, 4.69) is 50.8 Å². The first-order valence-corrected chi connectivity index (χ1v) is 5.06. The molecule has 0 fully saturated rings. The van der Waals surface area contributed by atoms with Crippen LogP contribution in [-0.2, 0) is 0 Å². The highest BCUT2D eigenvalue weighted by Gasteiger charge is 2.16. The van der Waals surface area contributed by atoms with Gasteiger partial charge in [0.05, 0.1) is 0 Å². The van der Waals surface area contributed by atoms with Crippen molar-refractivity contribution < 1.29 is 0 Å². The Labute approximate surface area is 65.9 Å². The van der Waals surface area contributed by atoms with Crippen molar-refractivity contribution in [1.82, 2.24) is 9.13 Å². The lowest BCUT2D eigenvalue weighted by atomic mass is 10.8. The van der Waals surface area contributed by atoms with Gasteiger partial charge in [0.1, 0.15) is 0 Å². The van der Waals surface area contributed by atoms with Crippen molar-refractivity contribution in [1.29, 1.82) is 0 Å². The number of hydrogen-bond donors (Lipinski definition) is 0. The molecule has 0 rings (SSSR count). The van der Waals surface area contributed by atoms with Crippen LogP contribution < -0.4 is 0 Å². The molecule has 0 aromatic rings. The molecule has 0 aliphatic carbocycles. The van der Waals surface area contributed by atoms with Crippen LogP contribution in [0.4, 0.5) is 0 Å². The van der Waals surface area contributed by atoms with E-state index in [1.807, 2.05) is 0 Å². The van der Waals surface area contributed by atoms with Crippen LogP contribution in [0.25, 0.3) is 0 Å². The Morgan fingerprint density at radius 2 is 1.40 bits per heavy atom. The minimum Gasteiger partial charge on any atom is -0.316 e. The molecule has 0 saturated carbocycles. The molecule has 0 spiro atoms. The number of rotatable bonds is 3. The number of nitrogens with zero attached hydrogens (tertiary/aromatic N) is 2. The quantitative estimate of drug-likeness (QED) is 0.550. The molecule has 0 N–H and O–H groups in total. The summed E-state index contributed by atoms with van der Waals surface area (Å²) >= 11 is 0. The Hall–Kier alpha value is -0.123. The van der Waals surface area contributed by atoms with Crippen molar-refractivity contribution in [3.05, 3.63) is 11.8 Å². The molecule has 10 heavy (non-hydrogen) atoms. The summed E-state index contributed by atoms with van der Waals surface area (Å²) in [7, 11) is 7.49. The van der Waals surface area contributed by atoms with Crippen molar-refractivity contribution in [2.45, 2.75) is 6.92 Å². The third kappa shape index (κ3) is 2.64. The molecule has 0 atom stereocenters. The first-order valence-electron chi connectivity index (χ1n) is 3.45. The van der Waals surface area contributed by atoms with Crippen LogP contribution in [0.3, 0.4) is 0 Å². The van der Waals surface area contributed by atoms with Crippen molar-refractivity contribution in [3.63, 3.8) is 0 Å². The Balaban J connectivity index is 4.12. The Morgan fingerprint density at radius 1 is 1.10 bits per heavy atom. The Bertz CT molecular complexity index is 113. The van der Waals surface area contributed by atoms with Gasteiger partial charge in [-0.15, -0.1) is 6.58 Å². The third-order valence-corrected chi connectivity index (χ3v) is 4.26. The lowest BCUT2D eigenvalue weighted by Crippen LogP contribution is -2.46. The molecule has 0 radical (unpaired) electrons. The lowest BCUT2D eigenvalue weighted by Gasteiger charge is -2.28. The van der Waals surface area contributed by atoms with E-state index in [-0.39, 0.29) is 0 Å². The number of allylic oxidation sites excluding steroid dienone is 1. The molecule has 0 aliphatic rings. The maximum absolute atomic E-state index is 3.98. The Kier molecular flexibility index (Phi) is 3.86. The maximum Gasteiger partial charge on any atom is 0.217 e. The van der Waals surface area contributed by atoms with Gasteiger partial charge in [0.2, 0.25) is 9.12 Å². The first kappa shape index (κ1) is 9.88. The highest BCUT2D eigenvalue weighted by atomic mass is 28.3. The molecule has 0 amide bonds. The van der Waals surface area contributed by atoms with E-state index >= 15 is 0 Å². The summed E-state index contributed by atoms with van der Waals surface area (Å²) in [6, 6.07) is 0. The van der Waals surface area contributed by atoms with E-state index in [4.69, 9.17) is 0 Å². The summed E-state index contributed by atoms with van der Waals surface area (Å²) in [5, 5.41) is 1.31.